The predicted molar refractivity (Wildman–Crippen MR) is 91.9 cm³/mol. The van der Waals surface area contributed by atoms with Crippen molar-refractivity contribution < 1.29 is 13.2 Å². The Morgan fingerprint density at radius 3 is 2.44 bits per heavy atom. The van der Waals surface area contributed by atoms with Crippen LogP contribution in [0.4, 0.5) is 13.2 Å². The van der Waals surface area contributed by atoms with E-state index in [0.29, 0.717) is 27.9 Å². The quantitative estimate of drug-likeness (QED) is 0.439. The number of fused-ring (bicyclic) bond motifs is 2. The first-order valence-corrected chi connectivity index (χ1v) is 7.95. The third-order valence-electron chi connectivity index (χ3n) is 4.48. The average Bonchev–Trinajstić information content (AvgIpc) is 3.13. The lowest BCUT2D eigenvalue weighted by Crippen LogP contribution is -2.09. The van der Waals surface area contributed by atoms with Crippen molar-refractivity contribution in [3.63, 3.8) is 0 Å². The van der Waals surface area contributed by atoms with Crippen molar-refractivity contribution in [1.29, 1.82) is 0 Å². The fourth-order valence-electron chi connectivity index (χ4n) is 3.17. The van der Waals surface area contributed by atoms with Crippen LogP contribution >= 0.6 is 11.6 Å². The van der Waals surface area contributed by atoms with Gasteiger partial charge in [0.25, 0.3) is 0 Å². The Morgan fingerprint density at radius 1 is 1.08 bits per heavy atom. The number of aromatic nitrogens is 3. The SMILES string of the molecule is Cc1nc2c(Cl)c(-c3cccn4cccc34)c(C(F)(F)F)cc2n1C. The van der Waals surface area contributed by atoms with Gasteiger partial charge >= 0.3 is 6.18 Å². The molecule has 4 rings (SSSR count). The van der Waals surface area contributed by atoms with E-state index in [4.69, 9.17) is 11.6 Å². The summed E-state index contributed by atoms with van der Waals surface area (Å²) < 4.78 is 44.8. The molecular formula is C18H13ClF3N3. The first kappa shape index (κ1) is 16.0. The minimum absolute atomic E-state index is 0.0165. The van der Waals surface area contributed by atoms with Gasteiger partial charge in [0.1, 0.15) is 11.3 Å². The molecule has 0 saturated carbocycles. The first-order valence-electron chi connectivity index (χ1n) is 7.58. The Kier molecular flexibility index (Phi) is 3.37. The van der Waals surface area contributed by atoms with Crippen molar-refractivity contribution in [2.45, 2.75) is 13.1 Å². The summed E-state index contributed by atoms with van der Waals surface area (Å²) in [6.07, 6.45) is -0.975. The molecule has 0 aliphatic rings. The van der Waals surface area contributed by atoms with Crippen LogP contribution in [-0.2, 0) is 13.2 Å². The molecule has 0 aliphatic heterocycles. The molecule has 0 bridgehead atoms. The molecule has 0 spiro atoms. The fourth-order valence-corrected chi connectivity index (χ4v) is 3.51. The zero-order valence-electron chi connectivity index (χ0n) is 13.4. The fraction of sp³-hybridized carbons (Fsp3) is 0.167. The third kappa shape index (κ3) is 2.32. The Hall–Kier alpha value is -2.47. The third-order valence-corrected chi connectivity index (χ3v) is 4.85. The van der Waals surface area contributed by atoms with Gasteiger partial charge in [0.2, 0.25) is 0 Å². The lowest BCUT2D eigenvalue weighted by Gasteiger charge is -2.16. The number of aryl methyl sites for hydroxylation is 2. The van der Waals surface area contributed by atoms with Gasteiger partial charge < -0.3 is 8.97 Å². The maximum Gasteiger partial charge on any atom is 0.417 e. The minimum Gasteiger partial charge on any atom is -0.331 e. The molecule has 3 heterocycles. The molecule has 4 aromatic rings. The summed E-state index contributed by atoms with van der Waals surface area (Å²) in [7, 11) is 1.68. The molecular weight excluding hydrogens is 351 g/mol. The smallest absolute Gasteiger partial charge is 0.331 e. The van der Waals surface area contributed by atoms with E-state index in [0.717, 1.165) is 6.07 Å². The van der Waals surface area contributed by atoms with E-state index in [9.17, 15) is 13.2 Å². The number of hydrogen-bond acceptors (Lipinski definition) is 1. The molecule has 0 radical (unpaired) electrons. The molecule has 3 nitrogen and oxygen atoms in total. The Bertz CT molecular complexity index is 1120. The van der Waals surface area contributed by atoms with Gasteiger partial charge in [0.05, 0.1) is 21.6 Å². The van der Waals surface area contributed by atoms with Gasteiger partial charge in [-0.1, -0.05) is 17.7 Å². The Morgan fingerprint density at radius 2 is 1.76 bits per heavy atom. The summed E-state index contributed by atoms with van der Waals surface area (Å²) in [5.74, 6) is 0.600. The molecule has 0 unspecified atom stereocenters. The van der Waals surface area contributed by atoms with Crippen LogP contribution in [-0.4, -0.2) is 14.0 Å². The molecule has 1 aromatic carbocycles. The molecule has 0 atom stereocenters. The minimum atomic E-state index is -4.54. The number of pyridine rings is 1. The van der Waals surface area contributed by atoms with Crippen LogP contribution < -0.4 is 0 Å². The molecule has 0 saturated heterocycles. The van der Waals surface area contributed by atoms with Crippen LogP contribution in [0, 0.1) is 6.92 Å². The predicted octanol–water partition coefficient (Wildman–Crippen LogP) is 5.47. The largest absolute Gasteiger partial charge is 0.417 e. The summed E-state index contributed by atoms with van der Waals surface area (Å²) in [6, 6.07) is 8.02. The molecule has 0 fully saturated rings. The molecule has 25 heavy (non-hydrogen) atoms. The summed E-state index contributed by atoms with van der Waals surface area (Å²) in [5.41, 5.74) is 1.02. The maximum absolute atomic E-state index is 13.8. The van der Waals surface area contributed by atoms with Gasteiger partial charge in [-0.05, 0) is 31.2 Å². The van der Waals surface area contributed by atoms with E-state index in [1.54, 1.807) is 59.6 Å². The second kappa shape index (κ2) is 5.26. The van der Waals surface area contributed by atoms with E-state index in [-0.39, 0.29) is 10.6 Å². The number of hydrogen-bond donors (Lipinski definition) is 0. The number of benzene rings is 1. The summed E-state index contributed by atoms with van der Waals surface area (Å²) in [4.78, 5) is 4.35. The van der Waals surface area contributed by atoms with E-state index in [1.807, 2.05) is 0 Å². The summed E-state index contributed by atoms with van der Waals surface area (Å²) in [5, 5.41) is 0.0165. The van der Waals surface area contributed by atoms with Gasteiger partial charge in [-0.3, -0.25) is 0 Å². The van der Waals surface area contributed by atoms with Gasteiger partial charge in [0, 0.05) is 30.6 Å². The summed E-state index contributed by atoms with van der Waals surface area (Å²) >= 11 is 6.45. The Balaban J connectivity index is 2.19. The van der Waals surface area contributed by atoms with Crippen molar-refractivity contribution in [1.82, 2.24) is 14.0 Å². The summed E-state index contributed by atoms with van der Waals surface area (Å²) in [6.45, 7) is 1.73. The zero-order valence-corrected chi connectivity index (χ0v) is 14.2. The number of nitrogens with zero attached hydrogens (tertiary/aromatic N) is 3. The van der Waals surface area contributed by atoms with Crippen molar-refractivity contribution in [2.24, 2.45) is 7.05 Å². The number of rotatable bonds is 1. The highest BCUT2D eigenvalue weighted by atomic mass is 35.5. The van der Waals surface area contributed by atoms with E-state index < -0.39 is 11.7 Å². The van der Waals surface area contributed by atoms with Crippen molar-refractivity contribution in [3.05, 3.63) is 59.1 Å². The van der Waals surface area contributed by atoms with Gasteiger partial charge in [-0.2, -0.15) is 13.2 Å². The van der Waals surface area contributed by atoms with Crippen LogP contribution in [0.5, 0.6) is 0 Å². The molecule has 0 amide bonds. The van der Waals surface area contributed by atoms with Crippen LogP contribution in [0.15, 0.2) is 42.7 Å². The second-order valence-corrected chi connectivity index (χ2v) is 6.30. The van der Waals surface area contributed by atoms with Crippen molar-refractivity contribution in [3.8, 4) is 11.1 Å². The van der Waals surface area contributed by atoms with Crippen LogP contribution in [0.1, 0.15) is 11.4 Å². The molecule has 0 N–H and O–H groups in total. The maximum atomic E-state index is 13.8. The molecule has 3 aromatic heterocycles. The van der Waals surface area contributed by atoms with Crippen molar-refractivity contribution in [2.75, 3.05) is 0 Å². The zero-order chi connectivity index (χ0) is 17.9. The van der Waals surface area contributed by atoms with E-state index in [1.165, 1.54) is 0 Å². The first-order chi connectivity index (χ1) is 11.8. The number of alkyl halides is 3. The normalized spacial score (nSPS) is 12.4. The number of halogens is 4. The van der Waals surface area contributed by atoms with Gasteiger partial charge in [-0.25, -0.2) is 4.98 Å². The van der Waals surface area contributed by atoms with E-state index in [2.05, 4.69) is 4.98 Å². The second-order valence-electron chi connectivity index (χ2n) is 5.92. The average molecular weight is 364 g/mol. The highest BCUT2D eigenvalue weighted by Crippen LogP contribution is 2.45. The molecule has 128 valence electrons. The highest BCUT2D eigenvalue weighted by Gasteiger charge is 2.37. The van der Waals surface area contributed by atoms with Gasteiger partial charge in [0.15, 0.2) is 0 Å². The highest BCUT2D eigenvalue weighted by molar-refractivity contribution is 6.38. The number of imidazole rings is 1. The molecule has 0 aliphatic carbocycles. The van der Waals surface area contributed by atoms with Crippen molar-refractivity contribution >= 4 is 28.2 Å². The monoisotopic (exact) mass is 363 g/mol. The van der Waals surface area contributed by atoms with Crippen LogP contribution in [0.2, 0.25) is 5.02 Å². The molecule has 7 heteroatoms. The topological polar surface area (TPSA) is 22.2 Å². The Labute approximate surface area is 146 Å². The van der Waals surface area contributed by atoms with E-state index >= 15 is 0 Å². The lowest BCUT2D eigenvalue weighted by atomic mass is 9.97. The van der Waals surface area contributed by atoms with Crippen LogP contribution in [0.3, 0.4) is 0 Å². The lowest BCUT2D eigenvalue weighted by molar-refractivity contribution is -0.137. The van der Waals surface area contributed by atoms with Crippen LogP contribution in [0.25, 0.3) is 27.7 Å². The standard InChI is InChI=1S/C18H13ClF3N3/c1-10-23-17-14(24(10)2)9-12(18(20,21)22)15(16(17)19)11-5-3-7-25-8-4-6-13(11)25/h3-9H,1-2H3. The van der Waals surface area contributed by atoms with Gasteiger partial charge in [-0.15, -0.1) is 0 Å².